The van der Waals surface area contributed by atoms with Crippen LogP contribution < -0.4 is 14.8 Å². The number of ether oxygens (including phenoxy) is 2. The van der Waals surface area contributed by atoms with Gasteiger partial charge in [0.15, 0.2) is 11.5 Å². The molecule has 1 saturated carbocycles. The quantitative estimate of drug-likeness (QED) is 0.471. The van der Waals surface area contributed by atoms with Crippen LogP contribution in [0.4, 0.5) is 0 Å². The van der Waals surface area contributed by atoms with Gasteiger partial charge in [-0.1, -0.05) is 45.6 Å². The molecule has 0 amide bonds. The molecule has 0 aliphatic heterocycles. The lowest BCUT2D eigenvalue weighted by Gasteiger charge is -2.22. The van der Waals surface area contributed by atoms with Crippen molar-refractivity contribution in [2.45, 2.75) is 65.0 Å². The number of rotatable bonds is 14. The Morgan fingerprint density at radius 3 is 2.61 bits per heavy atom. The molecule has 2 rings (SSSR count). The average molecular weight is 393 g/mol. The van der Waals surface area contributed by atoms with E-state index in [2.05, 4.69) is 30.1 Å². The highest BCUT2D eigenvalue weighted by atomic mass is 16.5. The summed E-state index contributed by atoms with van der Waals surface area (Å²) in [5, 5.41) is 13.7. The maximum Gasteiger partial charge on any atom is 0.161 e. The topological polar surface area (TPSA) is 54.0 Å². The van der Waals surface area contributed by atoms with Crippen LogP contribution in [0.25, 0.3) is 0 Å². The van der Waals surface area contributed by atoms with E-state index in [1.165, 1.54) is 44.1 Å². The monoisotopic (exact) mass is 392 g/mol. The maximum atomic E-state index is 10.2. The highest BCUT2D eigenvalue weighted by molar-refractivity contribution is 5.43. The molecule has 0 bridgehead atoms. The lowest BCUT2D eigenvalue weighted by atomic mass is 10.0. The predicted molar refractivity (Wildman–Crippen MR) is 115 cm³/mol. The van der Waals surface area contributed by atoms with Gasteiger partial charge >= 0.3 is 0 Å². The number of likely N-dealkylation sites (N-methyl/N-ethyl adjacent to an activating group) is 1. The summed E-state index contributed by atoms with van der Waals surface area (Å²) < 4.78 is 11.3. The Balaban J connectivity index is 1.72. The van der Waals surface area contributed by atoms with Crippen molar-refractivity contribution >= 4 is 0 Å². The Morgan fingerprint density at radius 1 is 1.18 bits per heavy atom. The lowest BCUT2D eigenvalue weighted by molar-refractivity contribution is 0.0705. The van der Waals surface area contributed by atoms with Crippen LogP contribution in [-0.4, -0.2) is 56.0 Å². The number of benzene rings is 1. The van der Waals surface area contributed by atoms with E-state index in [0.29, 0.717) is 12.3 Å². The fourth-order valence-corrected chi connectivity index (χ4v) is 4.01. The molecule has 0 heterocycles. The smallest absolute Gasteiger partial charge is 0.161 e. The number of aliphatic hydroxyl groups is 1. The first-order valence-electron chi connectivity index (χ1n) is 11.1. The van der Waals surface area contributed by atoms with E-state index in [1.807, 2.05) is 12.1 Å². The Labute approximate surface area is 171 Å². The number of nitrogens with one attached hydrogen (secondary N) is 1. The summed E-state index contributed by atoms with van der Waals surface area (Å²) in [6.07, 6.45) is 7.83. The fourth-order valence-electron chi connectivity index (χ4n) is 4.01. The SMILES string of the molecule is CCN(CC)CC(O)COc1ccc(CNCCCC2CCCC2)cc1OC. The molecule has 1 aliphatic rings. The van der Waals surface area contributed by atoms with Crippen LogP contribution >= 0.6 is 0 Å². The molecule has 0 spiro atoms. The van der Waals surface area contributed by atoms with E-state index < -0.39 is 6.10 Å². The summed E-state index contributed by atoms with van der Waals surface area (Å²) in [6.45, 7) is 8.85. The molecule has 28 heavy (non-hydrogen) atoms. The highest BCUT2D eigenvalue weighted by Crippen LogP contribution is 2.29. The van der Waals surface area contributed by atoms with Crippen LogP contribution in [0.5, 0.6) is 11.5 Å². The molecular formula is C23H40N2O3. The average Bonchev–Trinajstić information content (AvgIpc) is 3.24. The van der Waals surface area contributed by atoms with Crippen molar-refractivity contribution in [3.63, 3.8) is 0 Å². The molecule has 1 unspecified atom stereocenters. The van der Waals surface area contributed by atoms with Crippen molar-refractivity contribution in [3.8, 4) is 11.5 Å². The Kier molecular flexibility index (Phi) is 10.7. The molecular weight excluding hydrogens is 352 g/mol. The van der Waals surface area contributed by atoms with Crippen molar-refractivity contribution in [2.24, 2.45) is 5.92 Å². The Hall–Kier alpha value is -1.30. The molecule has 1 aliphatic carbocycles. The number of hydrogen-bond donors (Lipinski definition) is 2. The molecule has 5 heteroatoms. The summed E-state index contributed by atoms with van der Waals surface area (Å²) in [7, 11) is 1.66. The molecule has 0 saturated heterocycles. The predicted octanol–water partition coefficient (Wildman–Crippen LogP) is 3.84. The number of nitrogens with zero attached hydrogens (tertiary/aromatic N) is 1. The molecule has 1 atom stereocenters. The van der Waals surface area contributed by atoms with E-state index in [-0.39, 0.29) is 6.61 Å². The van der Waals surface area contributed by atoms with E-state index in [0.717, 1.165) is 37.8 Å². The summed E-state index contributed by atoms with van der Waals surface area (Å²) in [5.74, 6) is 2.38. The Morgan fingerprint density at radius 2 is 1.93 bits per heavy atom. The minimum atomic E-state index is -0.509. The molecule has 0 aromatic heterocycles. The van der Waals surface area contributed by atoms with Crippen LogP contribution in [0.3, 0.4) is 0 Å². The van der Waals surface area contributed by atoms with Crippen molar-refractivity contribution in [1.29, 1.82) is 0 Å². The van der Waals surface area contributed by atoms with Gasteiger partial charge in [0.25, 0.3) is 0 Å². The minimum Gasteiger partial charge on any atom is -0.493 e. The third-order valence-electron chi connectivity index (χ3n) is 5.79. The number of hydrogen-bond acceptors (Lipinski definition) is 5. The molecule has 2 N–H and O–H groups in total. The zero-order valence-corrected chi connectivity index (χ0v) is 18.1. The zero-order chi connectivity index (χ0) is 20.2. The van der Waals surface area contributed by atoms with Gasteiger partial charge < -0.3 is 24.8 Å². The number of methoxy groups -OCH3 is 1. The van der Waals surface area contributed by atoms with Crippen LogP contribution in [0.15, 0.2) is 18.2 Å². The fraction of sp³-hybridized carbons (Fsp3) is 0.739. The van der Waals surface area contributed by atoms with Gasteiger partial charge in [0.1, 0.15) is 12.7 Å². The molecule has 5 nitrogen and oxygen atoms in total. The van der Waals surface area contributed by atoms with Gasteiger partial charge in [-0.3, -0.25) is 0 Å². The molecule has 1 fully saturated rings. The van der Waals surface area contributed by atoms with Crippen LogP contribution in [-0.2, 0) is 6.54 Å². The molecule has 1 aromatic rings. The van der Waals surface area contributed by atoms with Crippen LogP contribution in [0.1, 0.15) is 57.9 Å². The van der Waals surface area contributed by atoms with Gasteiger partial charge in [0.2, 0.25) is 0 Å². The van der Waals surface area contributed by atoms with Crippen LogP contribution in [0.2, 0.25) is 0 Å². The van der Waals surface area contributed by atoms with Gasteiger partial charge in [-0.2, -0.15) is 0 Å². The molecule has 0 radical (unpaired) electrons. The largest absolute Gasteiger partial charge is 0.493 e. The Bertz CT molecular complexity index is 543. The van der Waals surface area contributed by atoms with Crippen molar-refractivity contribution in [2.75, 3.05) is 39.9 Å². The molecule has 1 aromatic carbocycles. The third-order valence-corrected chi connectivity index (χ3v) is 5.79. The first-order chi connectivity index (χ1) is 13.7. The van der Waals surface area contributed by atoms with E-state index >= 15 is 0 Å². The summed E-state index contributed by atoms with van der Waals surface area (Å²) in [6, 6.07) is 6.03. The van der Waals surface area contributed by atoms with Gasteiger partial charge in [0.05, 0.1) is 7.11 Å². The first-order valence-corrected chi connectivity index (χ1v) is 11.1. The first kappa shape index (κ1) is 23.0. The minimum absolute atomic E-state index is 0.269. The second-order valence-corrected chi connectivity index (χ2v) is 7.91. The van der Waals surface area contributed by atoms with Gasteiger partial charge in [0, 0.05) is 13.1 Å². The van der Waals surface area contributed by atoms with Gasteiger partial charge in [-0.25, -0.2) is 0 Å². The standard InChI is InChI=1S/C23H40N2O3/c1-4-25(5-2)17-21(26)18-28-22-13-12-20(15-23(22)27-3)16-24-14-8-11-19-9-6-7-10-19/h12-13,15,19,21,24,26H,4-11,14,16-18H2,1-3H3. The van der Waals surface area contributed by atoms with Crippen molar-refractivity contribution in [1.82, 2.24) is 10.2 Å². The van der Waals surface area contributed by atoms with E-state index in [4.69, 9.17) is 9.47 Å². The third kappa shape index (κ3) is 7.98. The number of aliphatic hydroxyl groups excluding tert-OH is 1. The van der Waals surface area contributed by atoms with E-state index in [9.17, 15) is 5.11 Å². The second kappa shape index (κ2) is 13.0. The summed E-state index contributed by atoms with van der Waals surface area (Å²) in [5.41, 5.74) is 1.19. The van der Waals surface area contributed by atoms with Crippen molar-refractivity contribution in [3.05, 3.63) is 23.8 Å². The van der Waals surface area contributed by atoms with Gasteiger partial charge in [-0.15, -0.1) is 0 Å². The molecule has 160 valence electrons. The summed E-state index contributed by atoms with van der Waals surface area (Å²) in [4.78, 5) is 2.19. The van der Waals surface area contributed by atoms with Gasteiger partial charge in [-0.05, 0) is 56.1 Å². The highest BCUT2D eigenvalue weighted by Gasteiger charge is 2.14. The van der Waals surface area contributed by atoms with Crippen LogP contribution in [0, 0.1) is 5.92 Å². The van der Waals surface area contributed by atoms with Crippen molar-refractivity contribution < 1.29 is 14.6 Å². The lowest BCUT2D eigenvalue weighted by Crippen LogP contribution is -2.35. The summed E-state index contributed by atoms with van der Waals surface area (Å²) >= 11 is 0. The van der Waals surface area contributed by atoms with E-state index in [1.54, 1.807) is 7.11 Å². The zero-order valence-electron chi connectivity index (χ0n) is 18.1. The second-order valence-electron chi connectivity index (χ2n) is 7.91. The maximum absolute atomic E-state index is 10.2. The normalized spacial score (nSPS) is 15.9.